The van der Waals surface area contributed by atoms with Crippen molar-refractivity contribution in [2.24, 2.45) is 4.99 Å². The van der Waals surface area contributed by atoms with E-state index in [0.717, 1.165) is 16.0 Å². The topological polar surface area (TPSA) is 88.4 Å². The van der Waals surface area contributed by atoms with Gasteiger partial charge in [-0.3, -0.25) is 4.79 Å². The zero-order chi connectivity index (χ0) is 22.9. The number of benzene rings is 2. The largest absolute Gasteiger partial charge is 0.494 e. The Balaban J connectivity index is 1.82. The minimum atomic E-state index is -0.415. The highest BCUT2D eigenvalue weighted by molar-refractivity contribution is 7.16. The third-order valence-corrected chi connectivity index (χ3v) is 5.47. The van der Waals surface area contributed by atoms with Gasteiger partial charge < -0.3 is 23.5 Å². The van der Waals surface area contributed by atoms with Crippen molar-refractivity contribution < 1.29 is 28.5 Å². The molecule has 32 heavy (non-hydrogen) atoms. The first-order valence-corrected chi connectivity index (χ1v) is 11.1. The number of esters is 1. The molecule has 0 aliphatic heterocycles. The van der Waals surface area contributed by atoms with Crippen LogP contribution in [0.3, 0.4) is 0 Å². The van der Waals surface area contributed by atoms with Crippen LogP contribution in [0.2, 0.25) is 0 Å². The summed E-state index contributed by atoms with van der Waals surface area (Å²) in [6.07, 6.45) is 0. The Hall–Kier alpha value is -3.17. The highest BCUT2D eigenvalue weighted by Gasteiger charge is 2.13. The lowest BCUT2D eigenvalue weighted by molar-refractivity contribution is -0.120. The summed E-state index contributed by atoms with van der Waals surface area (Å²) < 4.78 is 23.9. The van der Waals surface area contributed by atoms with Gasteiger partial charge in [-0.15, -0.1) is 0 Å². The Labute approximate surface area is 190 Å². The monoisotopic (exact) mass is 458 g/mol. The van der Waals surface area contributed by atoms with Gasteiger partial charge in [0.25, 0.3) is 5.91 Å². The molecule has 0 radical (unpaired) electrons. The fraction of sp³-hybridized carbons (Fsp3) is 0.348. The Morgan fingerprint density at radius 2 is 1.72 bits per heavy atom. The van der Waals surface area contributed by atoms with Crippen LogP contribution in [0.25, 0.3) is 10.2 Å². The van der Waals surface area contributed by atoms with Crippen molar-refractivity contribution in [3.05, 3.63) is 52.8 Å². The average Bonchev–Trinajstić information content (AvgIpc) is 3.13. The second-order valence-electron chi connectivity index (χ2n) is 6.63. The third-order valence-electron chi connectivity index (χ3n) is 4.43. The number of hydrogen-bond acceptors (Lipinski definition) is 7. The average molecular weight is 459 g/mol. The van der Waals surface area contributed by atoms with E-state index in [9.17, 15) is 9.59 Å². The van der Waals surface area contributed by atoms with Gasteiger partial charge in [0, 0.05) is 13.7 Å². The summed E-state index contributed by atoms with van der Waals surface area (Å²) in [7, 11) is 1.61. The molecule has 8 nitrogen and oxygen atoms in total. The maximum Gasteiger partial charge on any atom is 0.338 e. The Kier molecular flexibility index (Phi) is 8.41. The first-order valence-electron chi connectivity index (χ1n) is 10.3. The fourth-order valence-electron chi connectivity index (χ4n) is 2.98. The van der Waals surface area contributed by atoms with Gasteiger partial charge in [0.15, 0.2) is 11.4 Å². The first kappa shape index (κ1) is 23.5. The summed E-state index contributed by atoms with van der Waals surface area (Å²) in [5, 5.41) is 0. The van der Waals surface area contributed by atoms with Crippen molar-refractivity contribution in [3.63, 3.8) is 0 Å². The van der Waals surface area contributed by atoms with E-state index >= 15 is 0 Å². The molecule has 1 heterocycles. The van der Waals surface area contributed by atoms with E-state index < -0.39 is 5.91 Å². The number of rotatable bonds is 10. The zero-order valence-corrected chi connectivity index (χ0v) is 19.1. The van der Waals surface area contributed by atoms with E-state index in [-0.39, 0.29) is 12.6 Å². The fourth-order valence-corrected chi connectivity index (χ4v) is 4.09. The normalized spacial score (nSPS) is 11.5. The number of aromatic nitrogens is 1. The second-order valence-corrected chi connectivity index (χ2v) is 7.64. The lowest BCUT2D eigenvalue weighted by atomic mass is 10.2. The molecule has 9 heteroatoms. The van der Waals surface area contributed by atoms with Crippen LogP contribution in [0.1, 0.15) is 24.2 Å². The van der Waals surface area contributed by atoms with Crippen LogP contribution < -0.4 is 14.3 Å². The molecule has 1 aromatic heterocycles. The molecule has 0 aliphatic rings. The summed E-state index contributed by atoms with van der Waals surface area (Å²) in [6.45, 7) is 5.33. The van der Waals surface area contributed by atoms with Crippen molar-refractivity contribution in [2.45, 2.75) is 20.4 Å². The predicted molar refractivity (Wildman–Crippen MR) is 121 cm³/mol. The highest BCUT2D eigenvalue weighted by Crippen LogP contribution is 2.20. The highest BCUT2D eigenvalue weighted by atomic mass is 32.1. The molecular formula is C23H26N2O6S. The second kappa shape index (κ2) is 11.4. The number of hydrogen-bond donors (Lipinski definition) is 0. The van der Waals surface area contributed by atoms with Crippen LogP contribution in [-0.4, -0.2) is 50.0 Å². The summed E-state index contributed by atoms with van der Waals surface area (Å²) >= 11 is 1.32. The number of carbonyl (C=O) groups excluding carboxylic acids is 2. The molecule has 0 unspecified atom stereocenters. The molecule has 3 aromatic rings. The maximum absolute atomic E-state index is 12.5. The van der Waals surface area contributed by atoms with Crippen molar-refractivity contribution in [3.8, 4) is 11.5 Å². The Morgan fingerprint density at radius 1 is 1.00 bits per heavy atom. The van der Waals surface area contributed by atoms with Gasteiger partial charge in [0.2, 0.25) is 0 Å². The molecule has 0 N–H and O–H groups in total. The SMILES string of the molecule is CCOC(=O)c1ccc2c(c1)sc(=NC(=O)COc1ccc(OCC)cc1)n2CCOC. The minimum Gasteiger partial charge on any atom is -0.494 e. The van der Waals surface area contributed by atoms with Crippen molar-refractivity contribution >= 4 is 33.4 Å². The maximum atomic E-state index is 12.5. The molecule has 0 bridgehead atoms. The van der Waals surface area contributed by atoms with Crippen LogP contribution in [0, 0.1) is 0 Å². The van der Waals surface area contributed by atoms with E-state index in [2.05, 4.69) is 4.99 Å². The minimum absolute atomic E-state index is 0.194. The molecule has 0 atom stereocenters. The number of amides is 1. The van der Waals surface area contributed by atoms with E-state index in [1.54, 1.807) is 50.4 Å². The van der Waals surface area contributed by atoms with Crippen molar-refractivity contribution in [2.75, 3.05) is 33.5 Å². The van der Waals surface area contributed by atoms with Gasteiger partial charge in [0.05, 0.1) is 35.6 Å². The smallest absolute Gasteiger partial charge is 0.338 e. The number of thiazole rings is 1. The Morgan fingerprint density at radius 3 is 2.38 bits per heavy atom. The number of fused-ring (bicyclic) bond motifs is 1. The van der Waals surface area contributed by atoms with Gasteiger partial charge in [-0.2, -0.15) is 4.99 Å². The van der Waals surface area contributed by atoms with Crippen LogP contribution >= 0.6 is 11.3 Å². The lowest BCUT2D eigenvalue weighted by Crippen LogP contribution is -2.21. The molecule has 0 saturated heterocycles. The summed E-state index contributed by atoms with van der Waals surface area (Å²) in [5.74, 6) is 0.494. The predicted octanol–water partition coefficient (Wildman–Crippen LogP) is 3.43. The van der Waals surface area contributed by atoms with Crippen LogP contribution in [0.4, 0.5) is 0 Å². The molecular weight excluding hydrogens is 432 g/mol. The summed E-state index contributed by atoms with van der Waals surface area (Å²) in [5.41, 5.74) is 1.32. The van der Waals surface area contributed by atoms with E-state index in [1.165, 1.54) is 11.3 Å². The molecule has 1 amide bonds. The Bertz CT molecular complexity index is 1130. The molecule has 170 valence electrons. The molecule has 0 spiro atoms. The molecule has 3 rings (SSSR count). The number of nitrogens with zero attached hydrogens (tertiary/aromatic N) is 2. The van der Waals surface area contributed by atoms with Gasteiger partial charge in [-0.1, -0.05) is 11.3 Å². The zero-order valence-electron chi connectivity index (χ0n) is 18.3. The summed E-state index contributed by atoms with van der Waals surface area (Å²) in [6, 6.07) is 12.3. The standard InChI is InChI=1S/C23H26N2O6S/c1-4-29-17-7-9-18(10-8-17)31-15-21(26)24-23-25(12-13-28-3)19-11-6-16(14-20(19)32-23)22(27)30-5-2/h6-11,14H,4-5,12-13,15H2,1-3H3. The molecule has 0 aliphatic carbocycles. The quantitative estimate of drug-likeness (QED) is 0.433. The van der Waals surface area contributed by atoms with Crippen LogP contribution in [0.15, 0.2) is 47.5 Å². The lowest BCUT2D eigenvalue weighted by Gasteiger charge is -2.06. The van der Waals surface area contributed by atoms with Crippen LogP contribution in [-0.2, 0) is 20.8 Å². The van der Waals surface area contributed by atoms with Gasteiger partial charge in [-0.05, 0) is 56.3 Å². The van der Waals surface area contributed by atoms with E-state index in [0.29, 0.717) is 42.5 Å². The molecule has 2 aromatic carbocycles. The summed E-state index contributed by atoms with van der Waals surface area (Å²) in [4.78, 5) is 29.3. The number of ether oxygens (including phenoxy) is 4. The molecule has 0 fully saturated rings. The number of carbonyl (C=O) groups is 2. The molecule has 0 saturated carbocycles. The van der Waals surface area contributed by atoms with Crippen molar-refractivity contribution in [1.82, 2.24) is 4.57 Å². The van der Waals surface area contributed by atoms with Crippen molar-refractivity contribution in [1.29, 1.82) is 0 Å². The van der Waals surface area contributed by atoms with Crippen LogP contribution in [0.5, 0.6) is 11.5 Å². The van der Waals surface area contributed by atoms with Gasteiger partial charge >= 0.3 is 5.97 Å². The van der Waals surface area contributed by atoms with Gasteiger partial charge in [-0.25, -0.2) is 4.79 Å². The first-order chi connectivity index (χ1) is 15.5. The van der Waals surface area contributed by atoms with E-state index in [1.807, 2.05) is 17.6 Å². The van der Waals surface area contributed by atoms with E-state index in [4.69, 9.17) is 18.9 Å². The van der Waals surface area contributed by atoms with Gasteiger partial charge in [0.1, 0.15) is 11.5 Å². The third kappa shape index (κ3) is 5.95. The number of methoxy groups -OCH3 is 1.